The van der Waals surface area contributed by atoms with Crippen LogP contribution in [-0.4, -0.2) is 51.5 Å². The molecule has 146 valence electrons. The van der Waals surface area contributed by atoms with E-state index in [1.165, 1.54) is 18.2 Å². The molecular weight excluding hydrogens is 372 g/mol. The lowest BCUT2D eigenvalue weighted by molar-refractivity contribution is -0.384. The summed E-state index contributed by atoms with van der Waals surface area (Å²) < 4.78 is 4.88. The molecule has 1 spiro atoms. The van der Waals surface area contributed by atoms with Gasteiger partial charge in [-0.2, -0.15) is 5.10 Å². The minimum absolute atomic E-state index is 0.00848. The number of rotatable bonds is 4. The molecule has 2 aliphatic heterocycles. The summed E-state index contributed by atoms with van der Waals surface area (Å²) in [4.78, 5) is 61.0. The molecule has 11 heteroatoms. The standard InChI is InChI=1S/C17H16N4O7/c1-3-28-15(24)13-8-17(20(18-13)10(2)22)9-14(23)19(16(17)25)11-5-4-6-12(7-11)21(26)27/h4-7H,3,8-9H2,1-2H3/t17-/m0/s1. The number of esters is 1. The maximum atomic E-state index is 13.2. The van der Waals surface area contributed by atoms with Crippen LogP contribution in [0, 0.1) is 10.1 Å². The smallest absolute Gasteiger partial charge is 0.354 e. The topological polar surface area (TPSA) is 139 Å². The molecule has 0 unspecified atom stereocenters. The van der Waals surface area contributed by atoms with E-state index in [9.17, 15) is 29.3 Å². The van der Waals surface area contributed by atoms with Gasteiger partial charge in [-0.1, -0.05) is 6.07 Å². The molecule has 1 aromatic rings. The van der Waals surface area contributed by atoms with Crippen molar-refractivity contribution >= 4 is 40.8 Å². The number of imide groups is 1. The van der Waals surface area contributed by atoms with Gasteiger partial charge in [0.15, 0.2) is 5.54 Å². The van der Waals surface area contributed by atoms with Crippen LogP contribution in [0.4, 0.5) is 11.4 Å². The second-order valence-corrected chi connectivity index (χ2v) is 6.29. The van der Waals surface area contributed by atoms with Crippen molar-refractivity contribution in [2.45, 2.75) is 32.2 Å². The number of nitrogens with zero attached hydrogens (tertiary/aromatic N) is 4. The van der Waals surface area contributed by atoms with Crippen molar-refractivity contribution in [1.29, 1.82) is 0 Å². The molecule has 0 radical (unpaired) electrons. The molecule has 28 heavy (non-hydrogen) atoms. The fourth-order valence-corrected chi connectivity index (χ4v) is 3.34. The largest absolute Gasteiger partial charge is 0.461 e. The molecule has 2 aliphatic rings. The normalized spacial score (nSPS) is 21.3. The molecule has 0 aliphatic carbocycles. The number of benzene rings is 1. The van der Waals surface area contributed by atoms with Crippen molar-refractivity contribution in [3.63, 3.8) is 0 Å². The van der Waals surface area contributed by atoms with E-state index in [0.717, 1.165) is 22.9 Å². The number of anilines is 1. The molecule has 1 aromatic carbocycles. The average Bonchev–Trinajstić information content (AvgIpc) is 3.14. The Hall–Kier alpha value is -3.63. The molecule has 3 amide bonds. The Kier molecular flexibility index (Phi) is 4.67. The number of ether oxygens (including phenoxy) is 1. The summed E-state index contributed by atoms with van der Waals surface area (Å²) in [6.07, 6.45) is -0.679. The highest BCUT2D eigenvalue weighted by atomic mass is 16.6. The Morgan fingerprint density at radius 1 is 1.32 bits per heavy atom. The van der Waals surface area contributed by atoms with Crippen LogP contribution in [0.3, 0.4) is 0 Å². The van der Waals surface area contributed by atoms with E-state index in [1.807, 2.05) is 0 Å². The number of amides is 3. The van der Waals surface area contributed by atoms with Gasteiger partial charge < -0.3 is 4.74 Å². The zero-order chi connectivity index (χ0) is 20.6. The average molecular weight is 388 g/mol. The molecule has 1 fully saturated rings. The zero-order valence-corrected chi connectivity index (χ0v) is 15.1. The maximum absolute atomic E-state index is 13.2. The number of hydrogen-bond acceptors (Lipinski definition) is 8. The SMILES string of the molecule is CCOC(=O)C1=NN(C(C)=O)[C@]2(CC(=O)N(c3cccc([N+](=O)[O-])c3)C2=O)C1. The fourth-order valence-electron chi connectivity index (χ4n) is 3.34. The minimum atomic E-state index is -1.68. The zero-order valence-electron chi connectivity index (χ0n) is 15.1. The van der Waals surface area contributed by atoms with Gasteiger partial charge in [0, 0.05) is 25.5 Å². The second-order valence-electron chi connectivity index (χ2n) is 6.29. The first kappa shape index (κ1) is 19.1. The maximum Gasteiger partial charge on any atom is 0.354 e. The van der Waals surface area contributed by atoms with E-state index < -0.39 is 40.6 Å². The van der Waals surface area contributed by atoms with Gasteiger partial charge in [-0.3, -0.25) is 24.5 Å². The van der Waals surface area contributed by atoms with Crippen molar-refractivity contribution in [3.05, 3.63) is 34.4 Å². The number of carbonyl (C=O) groups excluding carboxylic acids is 4. The molecule has 0 saturated carbocycles. The van der Waals surface area contributed by atoms with Gasteiger partial charge in [0.1, 0.15) is 5.71 Å². The number of hydrogen-bond donors (Lipinski definition) is 0. The van der Waals surface area contributed by atoms with Crippen molar-refractivity contribution in [1.82, 2.24) is 5.01 Å². The lowest BCUT2D eigenvalue weighted by atomic mass is 9.91. The van der Waals surface area contributed by atoms with Gasteiger partial charge in [0.2, 0.25) is 11.8 Å². The lowest BCUT2D eigenvalue weighted by Crippen LogP contribution is -2.51. The molecule has 2 heterocycles. The van der Waals surface area contributed by atoms with E-state index >= 15 is 0 Å². The first-order chi connectivity index (χ1) is 13.2. The summed E-state index contributed by atoms with van der Waals surface area (Å²) in [5, 5.41) is 15.7. The first-order valence-corrected chi connectivity index (χ1v) is 8.38. The predicted octanol–water partition coefficient (Wildman–Crippen LogP) is 0.768. The number of nitro benzene ring substituents is 1. The number of nitro groups is 1. The summed E-state index contributed by atoms with van der Waals surface area (Å²) in [6, 6.07) is 5.04. The number of non-ortho nitro benzene ring substituents is 1. The molecule has 0 bridgehead atoms. The summed E-state index contributed by atoms with van der Waals surface area (Å²) in [5.74, 6) is -2.84. The van der Waals surface area contributed by atoms with E-state index in [1.54, 1.807) is 6.92 Å². The third-order valence-corrected chi connectivity index (χ3v) is 4.49. The van der Waals surface area contributed by atoms with Crippen molar-refractivity contribution in [3.8, 4) is 0 Å². The molecule has 0 aromatic heterocycles. The first-order valence-electron chi connectivity index (χ1n) is 8.38. The molecular formula is C17H16N4O7. The van der Waals surface area contributed by atoms with Gasteiger partial charge >= 0.3 is 5.97 Å². The summed E-state index contributed by atoms with van der Waals surface area (Å²) in [6.45, 7) is 2.84. The van der Waals surface area contributed by atoms with Crippen LogP contribution in [0.5, 0.6) is 0 Å². The fraction of sp³-hybridized carbons (Fsp3) is 0.353. The summed E-state index contributed by atoms with van der Waals surface area (Å²) in [7, 11) is 0. The summed E-state index contributed by atoms with van der Waals surface area (Å²) >= 11 is 0. The van der Waals surface area contributed by atoms with Crippen LogP contribution in [0.15, 0.2) is 29.4 Å². The Morgan fingerprint density at radius 2 is 2.04 bits per heavy atom. The Balaban J connectivity index is 2.00. The lowest BCUT2D eigenvalue weighted by Gasteiger charge is -2.28. The quantitative estimate of drug-likeness (QED) is 0.321. The third-order valence-electron chi connectivity index (χ3n) is 4.49. The Bertz CT molecular complexity index is 941. The highest BCUT2D eigenvalue weighted by Crippen LogP contribution is 2.41. The van der Waals surface area contributed by atoms with Crippen LogP contribution in [0.25, 0.3) is 0 Å². The monoisotopic (exact) mass is 388 g/mol. The molecule has 0 N–H and O–H groups in total. The van der Waals surface area contributed by atoms with Crippen LogP contribution in [0.2, 0.25) is 0 Å². The number of carbonyl (C=O) groups is 4. The Morgan fingerprint density at radius 3 is 2.64 bits per heavy atom. The molecule has 3 rings (SSSR count). The van der Waals surface area contributed by atoms with Gasteiger partial charge in [0.05, 0.1) is 23.6 Å². The van der Waals surface area contributed by atoms with Crippen LogP contribution in [-0.2, 0) is 23.9 Å². The van der Waals surface area contributed by atoms with E-state index in [4.69, 9.17) is 4.74 Å². The van der Waals surface area contributed by atoms with Gasteiger partial charge in [-0.15, -0.1) is 0 Å². The molecule has 11 nitrogen and oxygen atoms in total. The van der Waals surface area contributed by atoms with Gasteiger partial charge in [-0.25, -0.2) is 14.7 Å². The molecule has 1 atom stereocenters. The predicted molar refractivity (Wildman–Crippen MR) is 94.1 cm³/mol. The van der Waals surface area contributed by atoms with Crippen LogP contribution < -0.4 is 4.90 Å². The summed E-state index contributed by atoms with van der Waals surface area (Å²) in [5.41, 5.74) is -2.11. The van der Waals surface area contributed by atoms with E-state index in [-0.39, 0.29) is 30.1 Å². The highest BCUT2D eigenvalue weighted by molar-refractivity contribution is 6.39. The van der Waals surface area contributed by atoms with E-state index in [2.05, 4.69) is 5.10 Å². The third kappa shape index (κ3) is 2.90. The van der Waals surface area contributed by atoms with Crippen LogP contribution >= 0.6 is 0 Å². The van der Waals surface area contributed by atoms with Crippen molar-refractivity contribution < 1.29 is 28.8 Å². The van der Waals surface area contributed by atoms with Gasteiger partial charge in [0.25, 0.3) is 11.6 Å². The second kappa shape index (κ2) is 6.83. The minimum Gasteiger partial charge on any atom is -0.461 e. The molecule has 1 saturated heterocycles. The van der Waals surface area contributed by atoms with E-state index in [0.29, 0.717) is 0 Å². The van der Waals surface area contributed by atoms with Crippen molar-refractivity contribution in [2.75, 3.05) is 11.5 Å². The van der Waals surface area contributed by atoms with Gasteiger partial charge in [-0.05, 0) is 13.0 Å². The Labute approximate surface area is 158 Å². The highest BCUT2D eigenvalue weighted by Gasteiger charge is 2.61. The van der Waals surface area contributed by atoms with Crippen molar-refractivity contribution in [2.24, 2.45) is 5.10 Å². The number of hydrazone groups is 1. The van der Waals surface area contributed by atoms with Crippen LogP contribution in [0.1, 0.15) is 26.7 Å².